The third-order valence-corrected chi connectivity index (χ3v) is 6.39. The number of nitrogens with one attached hydrogen (secondary N) is 1. The van der Waals surface area contributed by atoms with E-state index in [1.54, 1.807) is 35.7 Å². The van der Waals surface area contributed by atoms with Crippen molar-refractivity contribution in [3.8, 4) is 5.69 Å². The van der Waals surface area contributed by atoms with E-state index in [1.165, 1.54) is 28.0 Å². The maximum absolute atomic E-state index is 13.1. The second-order valence-electron chi connectivity index (χ2n) is 6.57. The first-order valence-electron chi connectivity index (χ1n) is 9.08. The molecule has 2 aromatic heterocycles. The molecule has 0 unspecified atom stereocenters. The van der Waals surface area contributed by atoms with Gasteiger partial charge in [-0.1, -0.05) is 35.5 Å². The van der Waals surface area contributed by atoms with E-state index < -0.39 is 17.6 Å². The van der Waals surface area contributed by atoms with Gasteiger partial charge in [0.15, 0.2) is 5.16 Å². The summed E-state index contributed by atoms with van der Waals surface area (Å²) in [5.74, 6) is -0.703. The average molecular weight is 496 g/mol. The van der Waals surface area contributed by atoms with Gasteiger partial charge in [0, 0.05) is 10.7 Å². The average Bonchev–Trinajstić information content (AvgIpc) is 3.21. The minimum Gasteiger partial charge on any atom is -0.325 e. The topological polar surface area (TPSA) is 64.0 Å². The number of fused-ring (bicyclic) bond motifs is 1. The molecule has 2 heterocycles. The highest BCUT2D eigenvalue weighted by Crippen LogP contribution is 2.31. The number of nitrogens with zero attached hydrogens (tertiary/aromatic N) is 2. The number of carbonyl (C=O) groups excluding carboxylic acids is 1. The van der Waals surface area contributed by atoms with Gasteiger partial charge in [0.2, 0.25) is 5.91 Å². The van der Waals surface area contributed by atoms with Crippen molar-refractivity contribution in [3.63, 3.8) is 0 Å². The van der Waals surface area contributed by atoms with Crippen molar-refractivity contribution in [2.75, 3.05) is 11.1 Å². The third-order valence-electron chi connectivity index (χ3n) is 4.32. The Kier molecular flexibility index (Phi) is 6.27. The summed E-state index contributed by atoms with van der Waals surface area (Å²) in [6.07, 6.45) is -4.51. The summed E-state index contributed by atoms with van der Waals surface area (Å²) in [7, 11) is 0. The van der Waals surface area contributed by atoms with Crippen molar-refractivity contribution in [3.05, 3.63) is 80.9 Å². The molecule has 164 valence electrons. The Hall–Kier alpha value is -2.82. The molecule has 0 saturated heterocycles. The highest BCUT2D eigenvalue weighted by atomic mass is 35.5. The van der Waals surface area contributed by atoms with E-state index in [2.05, 4.69) is 10.3 Å². The first kappa shape index (κ1) is 22.4. The maximum atomic E-state index is 13.1. The second-order valence-corrected chi connectivity index (χ2v) is 8.86. The molecule has 0 aliphatic rings. The molecule has 0 atom stereocenters. The fourth-order valence-corrected chi connectivity index (χ4v) is 4.69. The predicted molar refractivity (Wildman–Crippen MR) is 121 cm³/mol. The summed E-state index contributed by atoms with van der Waals surface area (Å²) < 4.78 is 40.5. The Morgan fingerprint density at radius 1 is 1.16 bits per heavy atom. The Balaban J connectivity index is 1.60. The summed E-state index contributed by atoms with van der Waals surface area (Å²) in [6.45, 7) is 0. The van der Waals surface area contributed by atoms with Crippen LogP contribution >= 0.6 is 34.7 Å². The number of hydrogen-bond acceptors (Lipinski definition) is 5. The van der Waals surface area contributed by atoms with Crippen LogP contribution in [0.2, 0.25) is 5.02 Å². The van der Waals surface area contributed by atoms with Crippen molar-refractivity contribution in [2.24, 2.45) is 0 Å². The first-order chi connectivity index (χ1) is 15.2. The number of alkyl halides is 3. The van der Waals surface area contributed by atoms with Crippen molar-refractivity contribution < 1.29 is 18.0 Å². The van der Waals surface area contributed by atoms with Crippen molar-refractivity contribution in [1.82, 2.24) is 9.55 Å². The summed E-state index contributed by atoms with van der Waals surface area (Å²) in [5, 5.41) is 4.89. The molecule has 2 aromatic carbocycles. The molecular weight excluding hydrogens is 483 g/mol. The highest BCUT2D eigenvalue weighted by Gasteiger charge is 2.30. The number of amides is 1. The van der Waals surface area contributed by atoms with E-state index in [-0.39, 0.29) is 22.2 Å². The quantitative estimate of drug-likeness (QED) is 0.278. The molecule has 0 fully saturated rings. The van der Waals surface area contributed by atoms with Crippen molar-refractivity contribution in [2.45, 2.75) is 11.3 Å². The Bertz CT molecular complexity index is 1370. The molecule has 0 aliphatic carbocycles. The number of anilines is 1. The zero-order valence-corrected chi connectivity index (χ0v) is 18.4. The highest BCUT2D eigenvalue weighted by molar-refractivity contribution is 7.99. The molecular formula is C21H13ClF3N3O2S2. The van der Waals surface area contributed by atoms with E-state index in [9.17, 15) is 22.8 Å². The number of carbonyl (C=O) groups is 1. The molecule has 1 N–H and O–H groups in total. The summed E-state index contributed by atoms with van der Waals surface area (Å²) >= 11 is 8.33. The third kappa shape index (κ3) is 4.82. The summed E-state index contributed by atoms with van der Waals surface area (Å²) in [5.41, 5.74) is -0.139. The monoisotopic (exact) mass is 495 g/mol. The number of benzene rings is 2. The van der Waals surface area contributed by atoms with Crippen LogP contribution < -0.4 is 10.9 Å². The lowest BCUT2D eigenvalue weighted by atomic mass is 10.2. The van der Waals surface area contributed by atoms with Gasteiger partial charge in [-0.15, -0.1) is 11.3 Å². The number of halogens is 4. The fourth-order valence-electron chi connectivity index (χ4n) is 2.93. The van der Waals surface area contributed by atoms with E-state index >= 15 is 0 Å². The van der Waals surface area contributed by atoms with Gasteiger partial charge in [-0.05, 0) is 47.8 Å². The maximum Gasteiger partial charge on any atom is 0.416 e. The van der Waals surface area contributed by atoms with Crippen LogP contribution in [-0.2, 0) is 11.0 Å². The van der Waals surface area contributed by atoms with Crippen LogP contribution in [0.15, 0.2) is 69.9 Å². The molecule has 0 radical (unpaired) electrons. The normalized spacial score (nSPS) is 11.6. The molecule has 11 heteroatoms. The molecule has 4 rings (SSSR count). The van der Waals surface area contributed by atoms with Crippen LogP contribution in [0.25, 0.3) is 15.9 Å². The molecule has 0 spiro atoms. The van der Waals surface area contributed by atoms with E-state index in [1.807, 2.05) is 0 Å². The summed E-state index contributed by atoms with van der Waals surface area (Å²) in [4.78, 5) is 30.0. The molecule has 1 amide bonds. The molecule has 5 nitrogen and oxygen atoms in total. The minimum atomic E-state index is -4.51. The zero-order valence-electron chi connectivity index (χ0n) is 16.0. The van der Waals surface area contributed by atoms with E-state index in [4.69, 9.17) is 11.6 Å². The molecule has 32 heavy (non-hydrogen) atoms. The molecule has 0 saturated carbocycles. The van der Waals surface area contributed by atoms with Crippen molar-refractivity contribution >= 4 is 56.5 Å². The zero-order chi connectivity index (χ0) is 22.9. The lowest BCUT2D eigenvalue weighted by Crippen LogP contribution is -2.22. The fraction of sp³-hybridized carbons (Fsp3) is 0.0952. The van der Waals surface area contributed by atoms with Crippen LogP contribution in [0.1, 0.15) is 5.56 Å². The van der Waals surface area contributed by atoms with Gasteiger partial charge in [0.1, 0.15) is 4.70 Å². The Morgan fingerprint density at radius 2 is 1.94 bits per heavy atom. The van der Waals surface area contributed by atoms with Crippen LogP contribution in [0.5, 0.6) is 0 Å². The van der Waals surface area contributed by atoms with Gasteiger partial charge < -0.3 is 5.32 Å². The predicted octanol–water partition coefficient (Wildman–Crippen LogP) is 5.85. The number of aromatic nitrogens is 2. The first-order valence-corrected chi connectivity index (χ1v) is 11.3. The number of hydrogen-bond donors (Lipinski definition) is 1. The molecule has 4 aromatic rings. The van der Waals surface area contributed by atoms with Gasteiger partial charge in [0.05, 0.1) is 22.5 Å². The smallest absolute Gasteiger partial charge is 0.325 e. The summed E-state index contributed by atoms with van der Waals surface area (Å²) in [6, 6.07) is 12.7. The lowest BCUT2D eigenvalue weighted by molar-refractivity contribution is -0.137. The van der Waals surface area contributed by atoms with Gasteiger partial charge in [-0.3, -0.25) is 14.2 Å². The number of thiophene rings is 1. The van der Waals surface area contributed by atoms with E-state index in [0.717, 1.165) is 23.9 Å². The molecule has 0 bridgehead atoms. The van der Waals surface area contributed by atoms with Crippen LogP contribution in [-0.4, -0.2) is 21.2 Å². The molecule has 0 aliphatic heterocycles. The Morgan fingerprint density at radius 3 is 2.69 bits per heavy atom. The number of rotatable bonds is 5. The van der Waals surface area contributed by atoms with Crippen molar-refractivity contribution in [1.29, 1.82) is 0 Å². The van der Waals surface area contributed by atoms with Crippen LogP contribution in [0, 0.1) is 0 Å². The minimum absolute atomic E-state index is 0.0268. The van der Waals surface area contributed by atoms with Gasteiger partial charge in [-0.25, -0.2) is 4.98 Å². The van der Waals surface area contributed by atoms with Gasteiger partial charge in [0.25, 0.3) is 5.56 Å². The standard InChI is InChI=1S/C21H13ClF3N3O2S2/c22-13-4-2-6-15(10-13)28-19(30)18-16(7-8-31-18)27-20(28)32-11-17(29)26-14-5-1-3-12(9-14)21(23,24)25/h1-10H,11H2,(H,26,29). The number of thioether (sulfide) groups is 1. The van der Waals surface area contributed by atoms with Crippen LogP contribution in [0.4, 0.5) is 18.9 Å². The van der Waals surface area contributed by atoms with Gasteiger partial charge >= 0.3 is 6.18 Å². The lowest BCUT2D eigenvalue weighted by Gasteiger charge is -2.13. The Labute approximate surface area is 192 Å². The van der Waals surface area contributed by atoms with Gasteiger partial charge in [-0.2, -0.15) is 13.2 Å². The van der Waals surface area contributed by atoms with E-state index in [0.29, 0.717) is 20.9 Å². The second kappa shape index (κ2) is 8.97. The van der Waals surface area contributed by atoms with Crippen LogP contribution in [0.3, 0.4) is 0 Å². The largest absolute Gasteiger partial charge is 0.416 e. The SMILES string of the molecule is O=C(CSc1nc2ccsc2c(=O)n1-c1cccc(Cl)c1)Nc1cccc(C(F)(F)F)c1.